The molecule has 0 saturated carbocycles. The second-order valence-electron chi connectivity index (χ2n) is 4.62. The lowest BCUT2D eigenvalue weighted by atomic mass is 10.0. The van der Waals surface area contributed by atoms with Gasteiger partial charge in [-0.1, -0.05) is 37.9 Å². The molecule has 1 amide bonds. The van der Waals surface area contributed by atoms with E-state index in [0.717, 1.165) is 10.0 Å². The molecule has 1 unspecified atom stereocenters. The highest BCUT2D eigenvalue weighted by molar-refractivity contribution is 9.10. The summed E-state index contributed by atoms with van der Waals surface area (Å²) in [6.45, 7) is 0.0182. The van der Waals surface area contributed by atoms with Crippen molar-refractivity contribution < 1.29 is 13.9 Å². The Morgan fingerprint density at radius 2 is 2.05 bits per heavy atom. The first-order valence-corrected chi connectivity index (χ1v) is 7.91. The Balaban J connectivity index is 1.98. The van der Waals surface area contributed by atoms with Gasteiger partial charge in [-0.05, 0) is 35.9 Å². The van der Waals surface area contributed by atoms with Crippen LogP contribution in [-0.2, 0) is 4.79 Å². The standard InChI is InChI=1S/C15H10Br2FNO2/c16-9-2-3-11(18)10(6-9)15(17)8-1-4-13-12(5-8)19-14(20)7-21-13/h1-6,15H,7H2,(H,19,20). The van der Waals surface area contributed by atoms with E-state index in [1.54, 1.807) is 24.3 Å². The van der Waals surface area contributed by atoms with Crippen molar-refractivity contribution in [1.29, 1.82) is 0 Å². The Morgan fingerprint density at radius 1 is 1.24 bits per heavy atom. The molecular formula is C15H10Br2FNO2. The predicted molar refractivity (Wildman–Crippen MR) is 85.4 cm³/mol. The summed E-state index contributed by atoms with van der Waals surface area (Å²) in [7, 11) is 0. The molecule has 1 aliphatic rings. The molecule has 0 radical (unpaired) electrons. The number of hydrogen-bond acceptors (Lipinski definition) is 2. The van der Waals surface area contributed by atoms with Crippen LogP contribution < -0.4 is 10.1 Å². The van der Waals surface area contributed by atoms with Crippen LogP contribution in [0.25, 0.3) is 0 Å². The average Bonchev–Trinajstić information content (AvgIpc) is 2.48. The molecule has 3 nitrogen and oxygen atoms in total. The fraction of sp³-hybridized carbons (Fsp3) is 0.133. The Kier molecular flexibility index (Phi) is 3.99. The van der Waals surface area contributed by atoms with Gasteiger partial charge in [0.2, 0.25) is 0 Å². The lowest BCUT2D eigenvalue weighted by molar-refractivity contribution is -0.118. The van der Waals surface area contributed by atoms with Crippen molar-refractivity contribution in [1.82, 2.24) is 0 Å². The molecule has 0 saturated heterocycles. The first-order chi connectivity index (χ1) is 10.0. The van der Waals surface area contributed by atoms with E-state index in [1.807, 2.05) is 6.07 Å². The second kappa shape index (κ2) is 5.77. The zero-order valence-electron chi connectivity index (χ0n) is 10.7. The molecule has 1 aliphatic heterocycles. The number of ether oxygens (including phenoxy) is 1. The number of amides is 1. The highest BCUT2D eigenvalue weighted by Crippen LogP contribution is 2.38. The monoisotopic (exact) mass is 413 g/mol. The number of benzene rings is 2. The van der Waals surface area contributed by atoms with E-state index in [0.29, 0.717) is 17.0 Å². The molecule has 1 heterocycles. The summed E-state index contributed by atoms with van der Waals surface area (Å²) in [5.41, 5.74) is 1.95. The Morgan fingerprint density at radius 3 is 2.86 bits per heavy atom. The van der Waals surface area contributed by atoms with Gasteiger partial charge in [0.25, 0.3) is 5.91 Å². The average molecular weight is 415 g/mol. The van der Waals surface area contributed by atoms with Crippen molar-refractivity contribution >= 4 is 43.5 Å². The fourth-order valence-electron chi connectivity index (χ4n) is 2.15. The van der Waals surface area contributed by atoms with Gasteiger partial charge in [0.05, 0.1) is 10.5 Å². The molecule has 2 aromatic rings. The third-order valence-corrected chi connectivity index (χ3v) is 4.68. The lowest BCUT2D eigenvalue weighted by Gasteiger charge is -2.20. The van der Waals surface area contributed by atoms with Crippen LogP contribution in [0.3, 0.4) is 0 Å². The summed E-state index contributed by atoms with van der Waals surface area (Å²) in [5.74, 6) is 0.130. The molecule has 2 aromatic carbocycles. The number of rotatable bonds is 2. The summed E-state index contributed by atoms with van der Waals surface area (Å²) in [4.78, 5) is 11.0. The predicted octanol–water partition coefficient (Wildman–Crippen LogP) is 4.40. The van der Waals surface area contributed by atoms with Crippen molar-refractivity contribution in [2.45, 2.75) is 4.83 Å². The van der Waals surface area contributed by atoms with E-state index in [9.17, 15) is 9.18 Å². The van der Waals surface area contributed by atoms with Crippen LogP contribution >= 0.6 is 31.9 Å². The van der Waals surface area contributed by atoms with Gasteiger partial charge in [0, 0.05) is 10.0 Å². The molecule has 3 rings (SSSR count). The van der Waals surface area contributed by atoms with Gasteiger partial charge in [0.15, 0.2) is 6.61 Å². The van der Waals surface area contributed by atoms with Crippen LogP contribution in [-0.4, -0.2) is 12.5 Å². The maximum absolute atomic E-state index is 14.0. The normalized spacial score (nSPS) is 14.9. The molecule has 0 aromatic heterocycles. The molecule has 1 N–H and O–H groups in total. The smallest absolute Gasteiger partial charge is 0.262 e. The van der Waals surface area contributed by atoms with Crippen LogP contribution in [0.2, 0.25) is 0 Å². The molecule has 108 valence electrons. The van der Waals surface area contributed by atoms with Crippen molar-refractivity contribution in [3.8, 4) is 5.75 Å². The molecule has 1 atom stereocenters. The zero-order chi connectivity index (χ0) is 15.0. The summed E-state index contributed by atoms with van der Waals surface area (Å²) >= 11 is 6.85. The number of alkyl halides is 1. The van der Waals surface area contributed by atoms with E-state index in [-0.39, 0.29) is 23.2 Å². The number of hydrogen-bond donors (Lipinski definition) is 1. The summed E-state index contributed by atoms with van der Waals surface area (Å²) in [6, 6.07) is 10.2. The van der Waals surface area contributed by atoms with Gasteiger partial charge < -0.3 is 10.1 Å². The maximum atomic E-state index is 14.0. The number of nitrogens with one attached hydrogen (secondary N) is 1. The zero-order valence-corrected chi connectivity index (χ0v) is 13.9. The topological polar surface area (TPSA) is 38.3 Å². The van der Waals surface area contributed by atoms with Crippen molar-refractivity contribution in [3.63, 3.8) is 0 Å². The third-order valence-electron chi connectivity index (χ3n) is 3.16. The maximum Gasteiger partial charge on any atom is 0.262 e. The van der Waals surface area contributed by atoms with Crippen LogP contribution in [0.4, 0.5) is 10.1 Å². The summed E-state index contributed by atoms with van der Waals surface area (Å²) in [5, 5.41) is 2.74. The molecular weight excluding hydrogens is 405 g/mol. The molecule has 0 fully saturated rings. The number of carbonyl (C=O) groups excluding carboxylic acids is 1. The minimum Gasteiger partial charge on any atom is -0.482 e. The number of halogens is 3. The number of fused-ring (bicyclic) bond motifs is 1. The van der Waals surface area contributed by atoms with E-state index in [4.69, 9.17) is 4.74 Å². The second-order valence-corrected chi connectivity index (χ2v) is 6.45. The lowest BCUT2D eigenvalue weighted by Crippen LogP contribution is -2.25. The summed E-state index contributed by atoms with van der Waals surface area (Å²) < 4.78 is 20.1. The highest BCUT2D eigenvalue weighted by Gasteiger charge is 2.20. The fourth-order valence-corrected chi connectivity index (χ4v) is 3.16. The van der Waals surface area contributed by atoms with Gasteiger partial charge in [-0.3, -0.25) is 4.79 Å². The SMILES string of the molecule is O=C1COc2ccc(C(Br)c3cc(Br)ccc3F)cc2N1. The van der Waals surface area contributed by atoms with Gasteiger partial charge >= 0.3 is 0 Å². The minimum atomic E-state index is -0.320. The van der Waals surface area contributed by atoms with E-state index in [1.165, 1.54) is 6.07 Å². The molecule has 0 bridgehead atoms. The van der Waals surface area contributed by atoms with Crippen molar-refractivity contribution in [2.24, 2.45) is 0 Å². The molecule has 0 spiro atoms. The van der Waals surface area contributed by atoms with Gasteiger partial charge in [0.1, 0.15) is 11.6 Å². The quantitative estimate of drug-likeness (QED) is 0.739. The van der Waals surface area contributed by atoms with Crippen molar-refractivity contribution in [3.05, 3.63) is 57.8 Å². The van der Waals surface area contributed by atoms with Gasteiger partial charge in [-0.15, -0.1) is 0 Å². The minimum absolute atomic E-state index is 0.0182. The van der Waals surface area contributed by atoms with E-state index < -0.39 is 0 Å². The summed E-state index contributed by atoms with van der Waals surface area (Å²) in [6.07, 6.45) is 0. The van der Waals surface area contributed by atoms with Gasteiger partial charge in [-0.25, -0.2) is 4.39 Å². The van der Waals surface area contributed by atoms with Crippen LogP contribution in [0.1, 0.15) is 16.0 Å². The molecule has 21 heavy (non-hydrogen) atoms. The number of carbonyl (C=O) groups is 1. The third kappa shape index (κ3) is 2.96. The first-order valence-electron chi connectivity index (χ1n) is 6.20. The Hall–Kier alpha value is -1.40. The largest absolute Gasteiger partial charge is 0.482 e. The first kappa shape index (κ1) is 14.5. The van der Waals surface area contributed by atoms with Crippen LogP contribution in [0.15, 0.2) is 40.9 Å². The highest BCUT2D eigenvalue weighted by atomic mass is 79.9. The van der Waals surface area contributed by atoms with Gasteiger partial charge in [-0.2, -0.15) is 0 Å². The van der Waals surface area contributed by atoms with E-state index in [2.05, 4.69) is 37.2 Å². The molecule has 6 heteroatoms. The Labute approximate surface area is 137 Å². The van der Waals surface area contributed by atoms with Crippen LogP contribution in [0, 0.1) is 5.82 Å². The Bertz CT molecular complexity index is 721. The van der Waals surface area contributed by atoms with Crippen LogP contribution in [0.5, 0.6) is 5.75 Å². The van der Waals surface area contributed by atoms with E-state index >= 15 is 0 Å². The number of anilines is 1. The van der Waals surface area contributed by atoms with Crippen molar-refractivity contribution in [2.75, 3.05) is 11.9 Å². The molecule has 0 aliphatic carbocycles.